The third kappa shape index (κ3) is 7.31. The largest absolute Gasteiger partial charge is 0.496 e. The molecule has 2 aromatic rings. The van der Waals surface area contributed by atoms with Crippen LogP contribution in [0.4, 0.5) is 5.13 Å². The number of methoxy groups -OCH3 is 4. The van der Waals surface area contributed by atoms with Crippen LogP contribution in [0.5, 0.6) is 17.2 Å². The molecule has 11 heteroatoms. The number of nitrogens with one attached hydrogen (secondary N) is 2. The van der Waals surface area contributed by atoms with Crippen molar-refractivity contribution in [3.63, 3.8) is 0 Å². The molecule has 0 atom stereocenters. The van der Waals surface area contributed by atoms with Gasteiger partial charge in [0, 0.05) is 50.3 Å². The van der Waals surface area contributed by atoms with Crippen molar-refractivity contribution in [2.45, 2.75) is 19.9 Å². The highest BCUT2D eigenvalue weighted by atomic mass is 32.1. The summed E-state index contributed by atoms with van der Waals surface area (Å²) in [5.41, 5.74) is 0.490. The summed E-state index contributed by atoms with van der Waals surface area (Å²) in [5, 5.41) is 7.46. The van der Waals surface area contributed by atoms with Gasteiger partial charge >= 0.3 is 0 Å². The molecule has 182 valence electrons. The average molecular weight is 481 g/mol. The Bertz CT molecular complexity index is 934. The molecule has 1 aromatic carbocycles. The number of amides is 2. The van der Waals surface area contributed by atoms with Gasteiger partial charge in [-0.2, -0.15) is 0 Å². The van der Waals surface area contributed by atoms with Crippen molar-refractivity contribution in [3.05, 3.63) is 28.8 Å². The van der Waals surface area contributed by atoms with Crippen LogP contribution >= 0.6 is 11.3 Å². The summed E-state index contributed by atoms with van der Waals surface area (Å²) in [6.07, 6.45) is 0. The summed E-state index contributed by atoms with van der Waals surface area (Å²) in [7, 11) is 6.11. The van der Waals surface area contributed by atoms with Crippen molar-refractivity contribution in [1.29, 1.82) is 0 Å². The molecule has 0 fully saturated rings. The third-order valence-corrected chi connectivity index (χ3v) is 5.66. The zero-order chi connectivity index (χ0) is 24.4. The van der Waals surface area contributed by atoms with Crippen LogP contribution in [0, 0.1) is 0 Å². The van der Waals surface area contributed by atoms with Crippen LogP contribution in [0.2, 0.25) is 0 Å². The maximum Gasteiger partial charge on any atom is 0.270 e. The second-order valence-electron chi connectivity index (χ2n) is 7.28. The Morgan fingerprint density at radius 2 is 1.67 bits per heavy atom. The molecule has 0 spiro atoms. The highest BCUT2D eigenvalue weighted by molar-refractivity contribution is 7.14. The lowest BCUT2D eigenvalue weighted by molar-refractivity contribution is 0.0931. The molecule has 2 rings (SSSR count). The first-order valence-corrected chi connectivity index (χ1v) is 11.3. The standard InChI is InChI=1S/C22H32N4O6S/c1-14(2)26(9-10-29-3)8-7-23-21(28)16-13-33-22(24-16)25-20(27)15-11-18(31-5)19(32-6)12-17(15)30-4/h11-14H,7-10H2,1-6H3,(H,23,28)(H,24,25,27). The number of carbonyl (C=O) groups is 2. The number of aromatic nitrogens is 1. The van der Waals surface area contributed by atoms with Crippen LogP contribution in [0.25, 0.3) is 0 Å². The van der Waals surface area contributed by atoms with Gasteiger partial charge in [0.05, 0.1) is 33.5 Å². The van der Waals surface area contributed by atoms with E-state index in [0.29, 0.717) is 48.1 Å². The molecule has 0 aliphatic heterocycles. The van der Waals surface area contributed by atoms with Crippen molar-refractivity contribution < 1.29 is 28.5 Å². The zero-order valence-electron chi connectivity index (χ0n) is 19.9. The summed E-state index contributed by atoms with van der Waals surface area (Å²) in [5.74, 6) is 0.412. The fourth-order valence-corrected chi connectivity index (χ4v) is 3.73. The second-order valence-corrected chi connectivity index (χ2v) is 8.14. The Balaban J connectivity index is 2.00. The van der Waals surface area contributed by atoms with Gasteiger partial charge in [0.25, 0.3) is 11.8 Å². The molecule has 2 N–H and O–H groups in total. The van der Waals surface area contributed by atoms with Gasteiger partial charge in [-0.1, -0.05) is 0 Å². The molecule has 0 aliphatic carbocycles. The van der Waals surface area contributed by atoms with E-state index in [9.17, 15) is 9.59 Å². The average Bonchev–Trinajstić information content (AvgIpc) is 3.28. The molecule has 33 heavy (non-hydrogen) atoms. The first-order valence-electron chi connectivity index (χ1n) is 10.4. The molecule has 0 unspecified atom stereocenters. The van der Waals surface area contributed by atoms with Crippen LogP contribution < -0.4 is 24.8 Å². The van der Waals surface area contributed by atoms with E-state index in [1.165, 1.54) is 27.4 Å². The number of hydrogen-bond donors (Lipinski definition) is 2. The monoisotopic (exact) mass is 480 g/mol. The zero-order valence-corrected chi connectivity index (χ0v) is 20.7. The molecule has 0 bridgehead atoms. The summed E-state index contributed by atoms with van der Waals surface area (Å²) in [4.78, 5) is 31.7. The molecule has 10 nitrogen and oxygen atoms in total. The molecule has 1 heterocycles. The maximum atomic E-state index is 12.8. The summed E-state index contributed by atoms with van der Waals surface area (Å²) >= 11 is 1.16. The van der Waals surface area contributed by atoms with E-state index in [-0.39, 0.29) is 17.2 Å². The Labute approximate surface area is 198 Å². The Kier molecular flexibility index (Phi) is 10.4. The second kappa shape index (κ2) is 13.0. The molecule has 0 saturated heterocycles. The lowest BCUT2D eigenvalue weighted by Crippen LogP contribution is -2.40. The van der Waals surface area contributed by atoms with E-state index in [0.717, 1.165) is 17.9 Å². The predicted octanol–water partition coefficient (Wildman–Crippen LogP) is 2.51. The van der Waals surface area contributed by atoms with Gasteiger partial charge in [0.2, 0.25) is 0 Å². The highest BCUT2D eigenvalue weighted by Gasteiger charge is 2.20. The van der Waals surface area contributed by atoms with Crippen LogP contribution in [-0.2, 0) is 4.74 Å². The van der Waals surface area contributed by atoms with Crippen LogP contribution in [-0.4, -0.2) is 82.4 Å². The molecular formula is C22H32N4O6S. The number of carbonyl (C=O) groups excluding carboxylic acids is 2. The van der Waals surface area contributed by atoms with Gasteiger partial charge in [-0.15, -0.1) is 11.3 Å². The summed E-state index contributed by atoms with van der Waals surface area (Å²) in [6.45, 7) is 6.78. The van der Waals surface area contributed by atoms with E-state index in [2.05, 4.69) is 34.4 Å². The lowest BCUT2D eigenvalue weighted by Gasteiger charge is -2.26. The molecule has 0 radical (unpaired) electrons. The van der Waals surface area contributed by atoms with Crippen molar-refractivity contribution in [3.8, 4) is 17.2 Å². The summed E-state index contributed by atoms with van der Waals surface area (Å²) in [6, 6.07) is 3.44. The van der Waals surface area contributed by atoms with Crippen LogP contribution in [0.15, 0.2) is 17.5 Å². The molecular weight excluding hydrogens is 448 g/mol. The van der Waals surface area contributed by atoms with Crippen molar-refractivity contribution >= 4 is 28.3 Å². The molecule has 1 aromatic heterocycles. The highest BCUT2D eigenvalue weighted by Crippen LogP contribution is 2.35. The number of rotatable bonds is 13. The first-order chi connectivity index (χ1) is 15.8. The maximum absolute atomic E-state index is 12.8. The molecule has 2 amide bonds. The Morgan fingerprint density at radius 3 is 2.27 bits per heavy atom. The number of thiazole rings is 1. The molecule has 0 aliphatic rings. The number of ether oxygens (including phenoxy) is 4. The minimum Gasteiger partial charge on any atom is -0.496 e. The van der Waals surface area contributed by atoms with Crippen molar-refractivity contribution in [2.75, 3.05) is 60.0 Å². The van der Waals surface area contributed by atoms with Gasteiger partial charge in [-0.25, -0.2) is 4.98 Å². The number of benzene rings is 1. The van der Waals surface area contributed by atoms with Crippen molar-refractivity contribution in [2.24, 2.45) is 0 Å². The van der Waals surface area contributed by atoms with Gasteiger partial charge in [-0.05, 0) is 13.8 Å². The topological polar surface area (TPSA) is 111 Å². The van der Waals surface area contributed by atoms with Gasteiger partial charge in [-0.3, -0.25) is 19.8 Å². The van der Waals surface area contributed by atoms with Gasteiger partial charge < -0.3 is 24.3 Å². The fourth-order valence-electron chi connectivity index (χ4n) is 3.05. The molecule has 0 saturated carbocycles. The normalized spacial score (nSPS) is 10.9. The van der Waals surface area contributed by atoms with Crippen LogP contribution in [0.1, 0.15) is 34.7 Å². The van der Waals surface area contributed by atoms with E-state index in [1.807, 2.05) is 0 Å². The fraction of sp³-hybridized carbons (Fsp3) is 0.500. The number of hydrogen-bond acceptors (Lipinski definition) is 9. The van der Waals surface area contributed by atoms with Crippen molar-refractivity contribution in [1.82, 2.24) is 15.2 Å². The predicted molar refractivity (Wildman–Crippen MR) is 127 cm³/mol. The minimum absolute atomic E-state index is 0.238. The van der Waals surface area contributed by atoms with E-state index < -0.39 is 5.91 Å². The van der Waals surface area contributed by atoms with E-state index in [1.54, 1.807) is 18.6 Å². The summed E-state index contributed by atoms with van der Waals surface area (Å²) < 4.78 is 20.9. The Morgan fingerprint density at radius 1 is 1.00 bits per heavy atom. The quantitative estimate of drug-likeness (QED) is 0.450. The lowest BCUT2D eigenvalue weighted by atomic mass is 10.1. The number of nitrogens with zero attached hydrogens (tertiary/aromatic N) is 2. The SMILES string of the molecule is COCCN(CCNC(=O)c1csc(NC(=O)c2cc(OC)c(OC)cc2OC)n1)C(C)C. The van der Waals surface area contributed by atoms with Crippen LogP contribution in [0.3, 0.4) is 0 Å². The smallest absolute Gasteiger partial charge is 0.270 e. The van der Waals surface area contributed by atoms with E-state index >= 15 is 0 Å². The minimum atomic E-state index is -0.445. The number of anilines is 1. The van der Waals surface area contributed by atoms with E-state index in [4.69, 9.17) is 18.9 Å². The van der Waals surface area contributed by atoms with Gasteiger partial charge in [0.1, 0.15) is 11.4 Å². The van der Waals surface area contributed by atoms with Gasteiger partial charge in [0.15, 0.2) is 16.6 Å². The Hall–Kier alpha value is -2.89. The third-order valence-electron chi connectivity index (χ3n) is 4.91. The first kappa shape index (κ1) is 26.4.